The molecule has 4 rings (SSSR count). The van der Waals surface area contributed by atoms with Crippen LogP contribution in [0.15, 0.2) is 52.5 Å². The number of carbonyl (C=O) groups excluding carboxylic acids is 1. The molecule has 6 nitrogen and oxygen atoms in total. The van der Waals surface area contributed by atoms with Crippen molar-refractivity contribution in [2.75, 3.05) is 12.5 Å². The van der Waals surface area contributed by atoms with E-state index in [2.05, 4.69) is 21.6 Å². The van der Waals surface area contributed by atoms with Gasteiger partial charge >= 0.3 is 0 Å². The lowest BCUT2D eigenvalue weighted by Gasteiger charge is -2.08. The molecule has 0 fully saturated rings. The first-order valence-corrected chi connectivity index (χ1v) is 9.79. The van der Waals surface area contributed by atoms with Crippen LogP contribution in [-0.4, -0.2) is 29.7 Å². The molecule has 142 valence electrons. The van der Waals surface area contributed by atoms with Gasteiger partial charge in [-0.1, -0.05) is 11.6 Å². The Bertz CT molecular complexity index is 1080. The minimum Gasteiger partial charge on any atom is -0.454 e. The third-order valence-electron chi connectivity index (χ3n) is 4.21. The van der Waals surface area contributed by atoms with Crippen LogP contribution in [0.2, 0.25) is 0 Å². The van der Waals surface area contributed by atoms with Crippen LogP contribution in [0.4, 0.5) is 0 Å². The molecule has 28 heavy (non-hydrogen) atoms. The predicted molar refractivity (Wildman–Crippen MR) is 110 cm³/mol. The van der Waals surface area contributed by atoms with E-state index in [1.165, 1.54) is 11.8 Å². The Balaban J connectivity index is 1.38. The van der Waals surface area contributed by atoms with E-state index in [1.807, 2.05) is 50.2 Å². The van der Waals surface area contributed by atoms with Crippen molar-refractivity contribution in [1.82, 2.24) is 10.4 Å². The molecule has 0 bridgehead atoms. The number of carbonyl (C=O) groups is 1. The predicted octanol–water partition coefficient (Wildman–Crippen LogP) is 3.82. The van der Waals surface area contributed by atoms with Crippen LogP contribution in [0, 0.1) is 13.8 Å². The summed E-state index contributed by atoms with van der Waals surface area (Å²) < 4.78 is 10.6. The molecule has 1 aliphatic rings. The molecule has 0 unspecified atom stereocenters. The molecule has 0 atom stereocenters. The Hall–Kier alpha value is -3.06. The van der Waals surface area contributed by atoms with Crippen molar-refractivity contribution in [2.45, 2.75) is 18.7 Å². The fourth-order valence-corrected chi connectivity index (χ4v) is 3.83. The van der Waals surface area contributed by atoms with Gasteiger partial charge in [-0.25, -0.2) is 5.43 Å². The first-order valence-electron chi connectivity index (χ1n) is 8.81. The Morgan fingerprint density at radius 2 is 2.04 bits per heavy atom. The molecule has 7 heteroatoms. The molecule has 3 aromatic rings. The van der Waals surface area contributed by atoms with Crippen molar-refractivity contribution >= 4 is 34.8 Å². The number of hydrogen-bond acceptors (Lipinski definition) is 6. The van der Waals surface area contributed by atoms with Gasteiger partial charge in [0.25, 0.3) is 0 Å². The number of nitrogens with one attached hydrogen (secondary N) is 1. The van der Waals surface area contributed by atoms with E-state index >= 15 is 0 Å². The summed E-state index contributed by atoms with van der Waals surface area (Å²) in [5.41, 5.74) is 6.42. The van der Waals surface area contributed by atoms with Crippen molar-refractivity contribution in [3.8, 4) is 11.5 Å². The molecule has 1 aromatic heterocycles. The summed E-state index contributed by atoms with van der Waals surface area (Å²) in [6.07, 6.45) is 1.58. The number of aryl methyl sites for hydroxylation is 2. The molecule has 0 saturated heterocycles. The van der Waals surface area contributed by atoms with Crippen LogP contribution >= 0.6 is 11.8 Å². The summed E-state index contributed by atoms with van der Waals surface area (Å²) in [6.45, 7) is 4.23. The number of aromatic nitrogens is 1. The maximum atomic E-state index is 12.2. The molecule has 0 saturated carbocycles. The van der Waals surface area contributed by atoms with Crippen molar-refractivity contribution in [2.24, 2.45) is 5.10 Å². The molecule has 1 aliphatic heterocycles. The summed E-state index contributed by atoms with van der Waals surface area (Å²) in [7, 11) is 0. The Labute approximate surface area is 167 Å². The van der Waals surface area contributed by atoms with E-state index in [0.29, 0.717) is 11.5 Å². The van der Waals surface area contributed by atoms with Gasteiger partial charge in [0.1, 0.15) is 0 Å². The van der Waals surface area contributed by atoms with E-state index < -0.39 is 0 Å². The number of ether oxygens (including phenoxy) is 2. The molecule has 2 heterocycles. The lowest BCUT2D eigenvalue weighted by atomic mass is 10.1. The Morgan fingerprint density at radius 3 is 2.93 bits per heavy atom. The van der Waals surface area contributed by atoms with Crippen LogP contribution in [0.3, 0.4) is 0 Å². The van der Waals surface area contributed by atoms with Crippen molar-refractivity contribution < 1.29 is 14.3 Å². The first-order chi connectivity index (χ1) is 13.6. The van der Waals surface area contributed by atoms with Gasteiger partial charge < -0.3 is 9.47 Å². The maximum absolute atomic E-state index is 12.2. The summed E-state index contributed by atoms with van der Waals surface area (Å²) in [5.74, 6) is 1.50. The minimum atomic E-state index is -0.169. The third kappa shape index (κ3) is 4.09. The fourth-order valence-electron chi connectivity index (χ4n) is 2.90. The van der Waals surface area contributed by atoms with Crippen LogP contribution < -0.4 is 14.9 Å². The molecule has 1 amide bonds. The van der Waals surface area contributed by atoms with Gasteiger partial charge in [0, 0.05) is 16.0 Å². The lowest BCUT2D eigenvalue weighted by molar-refractivity contribution is -0.118. The van der Waals surface area contributed by atoms with E-state index in [1.54, 1.807) is 6.21 Å². The Morgan fingerprint density at radius 1 is 1.18 bits per heavy atom. The topological polar surface area (TPSA) is 72.8 Å². The number of rotatable bonds is 5. The smallest absolute Gasteiger partial charge is 0.250 e. The molecule has 0 radical (unpaired) electrons. The highest BCUT2D eigenvalue weighted by atomic mass is 32.2. The van der Waals surface area contributed by atoms with Gasteiger partial charge in [0.2, 0.25) is 12.7 Å². The number of hydrogen-bond donors (Lipinski definition) is 1. The second-order valence-electron chi connectivity index (χ2n) is 6.48. The monoisotopic (exact) mass is 393 g/mol. The number of fused-ring (bicyclic) bond motifs is 2. The second kappa shape index (κ2) is 7.90. The van der Waals surface area contributed by atoms with Crippen LogP contribution in [-0.2, 0) is 4.79 Å². The summed E-state index contributed by atoms with van der Waals surface area (Å²) in [4.78, 5) is 17.8. The molecular formula is C21H19N3O3S. The summed E-state index contributed by atoms with van der Waals surface area (Å²) >= 11 is 1.48. The normalized spacial score (nSPS) is 12.6. The largest absolute Gasteiger partial charge is 0.454 e. The maximum Gasteiger partial charge on any atom is 0.250 e. The molecule has 0 spiro atoms. The molecule has 1 N–H and O–H groups in total. The molecule has 2 aromatic carbocycles. The quantitative estimate of drug-likeness (QED) is 0.405. The number of pyridine rings is 1. The highest BCUT2D eigenvalue weighted by Crippen LogP contribution is 2.32. The fraction of sp³-hybridized carbons (Fsp3) is 0.190. The van der Waals surface area contributed by atoms with E-state index in [-0.39, 0.29) is 18.5 Å². The van der Waals surface area contributed by atoms with Gasteiger partial charge in [-0.2, -0.15) is 5.10 Å². The zero-order valence-electron chi connectivity index (χ0n) is 15.6. The van der Waals surface area contributed by atoms with E-state index in [9.17, 15) is 4.79 Å². The number of amides is 1. The summed E-state index contributed by atoms with van der Waals surface area (Å²) in [5, 5.41) is 5.09. The van der Waals surface area contributed by atoms with E-state index in [4.69, 9.17) is 9.47 Å². The average molecular weight is 393 g/mol. The number of benzene rings is 2. The molecule has 0 aliphatic carbocycles. The van der Waals surface area contributed by atoms with Crippen LogP contribution in [0.5, 0.6) is 11.5 Å². The molecular weight excluding hydrogens is 374 g/mol. The van der Waals surface area contributed by atoms with Crippen molar-refractivity contribution in [3.05, 3.63) is 59.3 Å². The zero-order valence-corrected chi connectivity index (χ0v) is 16.4. The van der Waals surface area contributed by atoms with Gasteiger partial charge in [0.15, 0.2) is 11.5 Å². The van der Waals surface area contributed by atoms with Crippen LogP contribution in [0.25, 0.3) is 10.9 Å². The lowest BCUT2D eigenvalue weighted by Crippen LogP contribution is -2.19. The van der Waals surface area contributed by atoms with Crippen LogP contribution in [0.1, 0.15) is 16.8 Å². The van der Waals surface area contributed by atoms with Gasteiger partial charge in [-0.05, 0) is 55.8 Å². The van der Waals surface area contributed by atoms with Crippen molar-refractivity contribution in [3.63, 3.8) is 0 Å². The van der Waals surface area contributed by atoms with Gasteiger partial charge in [0.05, 0.1) is 17.5 Å². The number of thioether (sulfide) groups is 1. The highest BCUT2D eigenvalue weighted by molar-refractivity contribution is 8.00. The standard InChI is InChI=1S/C21H19N3O3S/c1-13-3-5-17-16(7-13)20(8-14(2)23-17)28-11-21(25)24-22-10-15-4-6-18-19(9-15)27-12-26-18/h3-10H,11-12H2,1-2H3,(H,24,25)/b22-10+. The number of nitrogens with zero attached hydrogens (tertiary/aromatic N) is 2. The van der Waals surface area contributed by atoms with E-state index in [0.717, 1.165) is 32.6 Å². The Kier molecular flexibility index (Phi) is 5.16. The summed E-state index contributed by atoms with van der Waals surface area (Å²) in [6, 6.07) is 13.7. The first kappa shape index (κ1) is 18.3. The SMILES string of the molecule is Cc1ccc2nc(C)cc(SCC(=O)N/N=C/c3ccc4c(c3)OCO4)c2c1. The average Bonchev–Trinajstić information content (AvgIpc) is 3.14. The minimum absolute atomic E-state index is 0.169. The van der Waals surface area contributed by atoms with Gasteiger partial charge in [-0.15, -0.1) is 11.8 Å². The number of hydrazone groups is 1. The second-order valence-corrected chi connectivity index (χ2v) is 7.49. The highest BCUT2D eigenvalue weighted by Gasteiger charge is 2.12. The van der Waals surface area contributed by atoms with Gasteiger partial charge in [-0.3, -0.25) is 9.78 Å². The third-order valence-corrected chi connectivity index (χ3v) is 5.27. The zero-order chi connectivity index (χ0) is 19.5. The van der Waals surface area contributed by atoms with Crippen molar-refractivity contribution in [1.29, 1.82) is 0 Å².